The highest BCUT2D eigenvalue weighted by atomic mass is 35.5. The fraction of sp³-hybridized carbons (Fsp3) is 0.385. The molecule has 2 rings (SSSR count). The number of rotatable bonds is 4. The molecule has 0 atom stereocenters. The number of nitrogens with zero attached hydrogens (tertiary/aromatic N) is 3. The third kappa shape index (κ3) is 2.70. The average molecular weight is 246 g/mol. The quantitative estimate of drug-likeness (QED) is 0.819. The Bertz CT molecular complexity index is 494. The van der Waals surface area contributed by atoms with Crippen LogP contribution in [0.1, 0.15) is 24.8 Å². The molecule has 3 nitrogen and oxygen atoms in total. The first kappa shape index (κ1) is 11.8. The molecule has 1 aliphatic rings. The predicted molar refractivity (Wildman–Crippen MR) is 66.8 cm³/mol. The second kappa shape index (κ2) is 5.08. The van der Waals surface area contributed by atoms with Crippen LogP contribution in [0, 0.1) is 22.7 Å². The SMILES string of the molecule is N#CCCN(c1ccc(C#N)cc1Cl)C1CC1. The van der Waals surface area contributed by atoms with Crippen LogP contribution in [0.3, 0.4) is 0 Å². The molecular formula is C13H12ClN3. The minimum atomic E-state index is 0.493. The van der Waals surface area contributed by atoms with Gasteiger partial charge >= 0.3 is 0 Å². The Kier molecular flexibility index (Phi) is 3.52. The maximum Gasteiger partial charge on any atom is 0.0992 e. The first-order chi connectivity index (χ1) is 8.26. The van der Waals surface area contributed by atoms with Crippen molar-refractivity contribution in [3.05, 3.63) is 28.8 Å². The van der Waals surface area contributed by atoms with Crippen LogP contribution >= 0.6 is 11.6 Å². The van der Waals surface area contributed by atoms with E-state index in [1.54, 1.807) is 12.1 Å². The fourth-order valence-electron chi connectivity index (χ4n) is 1.87. The predicted octanol–water partition coefficient (Wildman–Crippen LogP) is 3.09. The Balaban J connectivity index is 2.24. The second-order valence-electron chi connectivity index (χ2n) is 4.11. The van der Waals surface area contributed by atoms with Crippen molar-refractivity contribution in [3.8, 4) is 12.1 Å². The van der Waals surface area contributed by atoms with Gasteiger partial charge in [-0.25, -0.2) is 0 Å². The molecule has 0 radical (unpaired) electrons. The molecule has 0 amide bonds. The van der Waals surface area contributed by atoms with Gasteiger partial charge in [0.05, 0.1) is 34.8 Å². The van der Waals surface area contributed by atoms with Crippen LogP contribution < -0.4 is 4.90 Å². The summed E-state index contributed by atoms with van der Waals surface area (Å²) in [7, 11) is 0. The Morgan fingerprint density at radius 3 is 2.65 bits per heavy atom. The number of benzene rings is 1. The highest BCUT2D eigenvalue weighted by Gasteiger charge is 2.29. The molecule has 4 heteroatoms. The molecule has 1 aliphatic carbocycles. The van der Waals surface area contributed by atoms with Crippen molar-refractivity contribution in [2.45, 2.75) is 25.3 Å². The number of hydrogen-bond donors (Lipinski definition) is 0. The molecule has 86 valence electrons. The van der Waals surface area contributed by atoms with Crippen LogP contribution in [0.5, 0.6) is 0 Å². The molecule has 1 aromatic carbocycles. The Labute approximate surface area is 106 Å². The molecule has 0 aliphatic heterocycles. The van der Waals surface area contributed by atoms with Crippen LogP contribution in [-0.2, 0) is 0 Å². The van der Waals surface area contributed by atoms with E-state index in [2.05, 4.69) is 17.0 Å². The highest BCUT2D eigenvalue weighted by Crippen LogP contribution is 2.36. The topological polar surface area (TPSA) is 50.8 Å². The second-order valence-corrected chi connectivity index (χ2v) is 4.52. The van der Waals surface area contributed by atoms with E-state index in [0.29, 0.717) is 29.6 Å². The lowest BCUT2D eigenvalue weighted by atomic mass is 10.2. The van der Waals surface area contributed by atoms with E-state index in [1.807, 2.05) is 6.07 Å². The van der Waals surface area contributed by atoms with E-state index in [9.17, 15) is 0 Å². The van der Waals surface area contributed by atoms with Gasteiger partial charge in [-0.2, -0.15) is 10.5 Å². The third-order valence-electron chi connectivity index (χ3n) is 2.84. The molecule has 1 fully saturated rings. The van der Waals surface area contributed by atoms with Gasteiger partial charge in [0.15, 0.2) is 0 Å². The average Bonchev–Trinajstić information content (AvgIpc) is 3.15. The van der Waals surface area contributed by atoms with Gasteiger partial charge in [0.1, 0.15) is 0 Å². The van der Waals surface area contributed by atoms with Gasteiger partial charge in [-0.1, -0.05) is 11.6 Å². The van der Waals surface area contributed by atoms with Crippen LogP contribution in [0.15, 0.2) is 18.2 Å². The zero-order valence-electron chi connectivity index (χ0n) is 9.36. The van der Waals surface area contributed by atoms with Crippen molar-refractivity contribution in [3.63, 3.8) is 0 Å². The van der Waals surface area contributed by atoms with Gasteiger partial charge in [-0.15, -0.1) is 0 Å². The largest absolute Gasteiger partial charge is 0.366 e. The summed E-state index contributed by atoms with van der Waals surface area (Å²) in [5.74, 6) is 0. The Morgan fingerprint density at radius 2 is 2.12 bits per heavy atom. The Morgan fingerprint density at radius 1 is 1.35 bits per heavy atom. The molecule has 0 spiro atoms. The lowest BCUT2D eigenvalue weighted by Gasteiger charge is -2.24. The molecule has 0 aromatic heterocycles. The number of hydrogen-bond acceptors (Lipinski definition) is 3. The summed E-state index contributed by atoms with van der Waals surface area (Å²) in [6, 6.07) is 10.0. The monoisotopic (exact) mass is 245 g/mol. The molecule has 0 bridgehead atoms. The zero-order chi connectivity index (χ0) is 12.3. The summed E-state index contributed by atoms with van der Waals surface area (Å²) in [6.07, 6.45) is 2.80. The van der Waals surface area contributed by atoms with Crippen LogP contribution in [0.25, 0.3) is 0 Å². The van der Waals surface area contributed by atoms with Crippen LogP contribution in [-0.4, -0.2) is 12.6 Å². The summed E-state index contributed by atoms with van der Waals surface area (Å²) in [5, 5.41) is 18.0. The van der Waals surface area contributed by atoms with E-state index in [4.69, 9.17) is 22.1 Å². The molecule has 0 saturated heterocycles. The van der Waals surface area contributed by atoms with E-state index in [1.165, 1.54) is 0 Å². The molecule has 1 aromatic rings. The van der Waals surface area contributed by atoms with Gasteiger partial charge in [-0.3, -0.25) is 0 Å². The van der Waals surface area contributed by atoms with E-state index in [-0.39, 0.29) is 0 Å². The van der Waals surface area contributed by atoms with Crippen molar-refractivity contribution >= 4 is 17.3 Å². The number of nitriles is 2. The fourth-order valence-corrected chi connectivity index (χ4v) is 2.15. The van der Waals surface area contributed by atoms with Crippen molar-refractivity contribution in [1.82, 2.24) is 0 Å². The maximum atomic E-state index is 8.79. The molecule has 17 heavy (non-hydrogen) atoms. The third-order valence-corrected chi connectivity index (χ3v) is 3.14. The molecule has 1 saturated carbocycles. The van der Waals surface area contributed by atoms with E-state index < -0.39 is 0 Å². The zero-order valence-corrected chi connectivity index (χ0v) is 10.1. The lowest BCUT2D eigenvalue weighted by Crippen LogP contribution is -2.26. The van der Waals surface area contributed by atoms with Crippen molar-refractivity contribution in [2.75, 3.05) is 11.4 Å². The van der Waals surface area contributed by atoms with E-state index in [0.717, 1.165) is 18.5 Å². The maximum absolute atomic E-state index is 8.79. The lowest BCUT2D eigenvalue weighted by molar-refractivity contribution is 0.793. The normalized spacial score (nSPS) is 13.8. The number of halogens is 1. The summed E-state index contributed by atoms with van der Waals surface area (Å²) in [4.78, 5) is 2.17. The Hall–Kier alpha value is -1.71. The highest BCUT2D eigenvalue weighted by molar-refractivity contribution is 6.33. The molecule has 0 unspecified atom stereocenters. The van der Waals surface area contributed by atoms with Crippen LogP contribution in [0.2, 0.25) is 5.02 Å². The minimum Gasteiger partial charge on any atom is -0.366 e. The first-order valence-corrected chi connectivity index (χ1v) is 5.97. The summed E-state index contributed by atoms with van der Waals surface area (Å²) in [6.45, 7) is 0.701. The number of anilines is 1. The summed E-state index contributed by atoms with van der Waals surface area (Å²) in [5.41, 5.74) is 1.50. The van der Waals surface area contributed by atoms with Gasteiger partial charge in [0, 0.05) is 12.6 Å². The van der Waals surface area contributed by atoms with Crippen molar-refractivity contribution in [1.29, 1.82) is 10.5 Å². The van der Waals surface area contributed by atoms with Gasteiger partial charge in [0.2, 0.25) is 0 Å². The standard InChI is InChI=1S/C13H12ClN3/c14-12-8-10(9-16)2-5-13(12)17(7-1-6-15)11-3-4-11/h2,5,8,11H,1,3-4,7H2. The summed E-state index contributed by atoms with van der Waals surface area (Å²) < 4.78 is 0. The summed E-state index contributed by atoms with van der Waals surface area (Å²) >= 11 is 6.18. The van der Waals surface area contributed by atoms with Gasteiger partial charge in [-0.05, 0) is 31.0 Å². The molecule has 0 N–H and O–H groups in total. The smallest absolute Gasteiger partial charge is 0.0992 e. The van der Waals surface area contributed by atoms with Crippen LogP contribution in [0.4, 0.5) is 5.69 Å². The molecule has 0 heterocycles. The van der Waals surface area contributed by atoms with Gasteiger partial charge in [0.25, 0.3) is 0 Å². The van der Waals surface area contributed by atoms with Crippen molar-refractivity contribution < 1.29 is 0 Å². The molecular weight excluding hydrogens is 234 g/mol. The minimum absolute atomic E-state index is 0.493. The van der Waals surface area contributed by atoms with Crippen molar-refractivity contribution in [2.24, 2.45) is 0 Å². The first-order valence-electron chi connectivity index (χ1n) is 5.59. The van der Waals surface area contributed by atoms with Gasteiger partial charge < -0.3 is 4.90 Å². The van der Waals surface area contributed by atoms with E-state index >= 15 is 0 Å².